The minimum absolute atomic E-state index is 0.340. The van der Waals surface area contributed by atoms with Gasteiger partial charge in [-0.15, -0.1) is 0 Å². The molecule has 0 heterocycles. The smallest absolute Gasteiger partial charge is 0.0700 e. The molecule has 0 spiro atoms. The Labute approximate surface area is 104 Å². The molecule has 0 saturated carbocycles. The maximum Gasteiger partial charge on any atom is 0.0700 e. The number of hydrogen-bond donors (Lipinski definition) is 0. The summed E-state index contributed by atoms with van der Waals surface area (Å²) in [5.74, 6) is 0. The summed E-state index contributed by atoms with van der Waals surface area (Å²) in [6.45, 7) is 4.41. The average molecular weight is 332 g/mol. The Kier molecular flexibility index (Phi) is 9.70. The topological polar surface area (TPSA) is 18.5 Å². The minimum atomic E-state index is 0.340. The van der Waals surface area contributed by atoms with Gasteiger partial charge in [0.05, 0.1) is 13.2 Å². The van der Waals surface area contributed by atoms with Crippen molar-refractivity contribution in [3.8, 4) is 0 Å². The Balaban J connectivity index is 3.61. The first kappa shape index (κ1) is 14.9. The molecule has 0 amide bonds. The van der Waals surface area contributed by atoms with Gasteiger partial charge in [-0.05, 0) is 18.3 Å². The molecular weight excluding hydrogens is 312 g/mol. The largest absolute Gasteiger partial charge is 0.382 e. The third-order valence-electron chi connectivity index (χ3n) is 2.53. The van der Waals surface area contributed by atoms with E-state index in [-0.39, 0.29) is 0 Å². The van der Waals surface area contributed by atoms with E-state index < -0.39 is 0 Å². The van der Waals surface area contributed by atoms with Crippen molar-refractivity contribution >= 4 is 31.9 Å². The van der Waals surface area contributed by atoms with Gasteiger partial charge in [0.25, 0.3) is 0 Å². The van der Waals surface area contributed by atoms with E-state index >= 15 is 0 Å². The Bertz CT molecular complexity index is 119. The van der Waals surface area contributed by atoms with Crippen molar-refractivity contribution in [2.45, 2.75) is 19.8 Å². The minimum Gasteiger partial charge on any atom is -0.382 e. The van der Waals surface area contributed by atoms with Crippen molar-refractivity contribution in [1.29, 1.82) is 0 Å². The summed E-state index contributed by atoms with van der Waals surface area (Å²) in [6, 6.07) is 0. The quantitative estimate of drug-likeness (QED) is 0.477. The molecule has 2 nitrogen and oxygen atoms in total. The zero-order valence-corrected chi connectivity index (χ0v) is 12.2. The van der Waals surface area contributed by atoms with Gasteiger partial charge in [-0.1, -0.05) is 38.8 Å². The Hall–Kier alpha value is 0.880. The van der Waals surface area contributed by atoms with Crippen LogP contribution in [0.1, 0.15) is 19.8 Å². The van der Waals surface area contributed by atoms with Gasteiger partial charge in [0.2, 0.25) is 0 Å². The first-order valence-electron chi connectivity index (χ1n) is 4.93. The van der Waals surface area contributed by atoms with Crippen LogP contribution in [0.3, 0.4) is 0 Å². The first-order valence-corrected chi connectivity index (χ1v) is 7.17. The molecule has 0 N–H and O–H groups in total. The third-order valence-corrected chi connectivity index (χ3v) is 4.90. The summed E-state index contributed by atoms with van der Waals surface area (Å²) in [7, 11) is 1.69. The summed E-state index contributed by atoms with van der Waals surface area (Å²) in [5.41, 5.74) is 0.340. The van der Waals surface area contributed by atoms with Gasteiger partial charge in [0.15, 0.2) is 0 Å². The van der Waals surface area contributed by atoms with E-state index in [0.717, 1.165) is 30.1 Å². The van der Waals surface area contributed by atoms with Gasteiger partial charge < -0.3 is 9.47 Å². The molecule has 0 atom stereocenters. The first-order chi connectivity index (χ1) is 6.74. The fourth-order valence-electron chi connectivity index (χ4n) is 1.07. The number of methoxy groups -OCH3 is 1. The van der Waals surface area contributed by atoms with Crippen LogP contribution in [0.4, 0.5) is 0 Å². The van der Waals surface area contributed by atoms with Crippen molar-refractivity contribution < 1.29 is 9.47 Å². The lowest BCUT2D eigenvalue weighted by Gasteiger charge is -2.28. The molecule has 4 heteroatoms. The maximum atomic E-state index is 5.47. The van der Waals surface area contributed by atoms with Gasteiger partial charge in [0.1, 0.15) is 0 Å². The molecule has 0 aromatic carbocycles. The molecule has 0 bridgehead atoms. The van der Waals surface area contributed by atoms with Crippen LogP contribution < -0.4 is 0 Å². The lowest BCUT2D eigenvalue weighted by Crippen LogP contribution is -2.26. The molecule has 86 valence electrons. The summed E-state index contributed by atoms with van der Waals surface area (Å²) >= 11 is 7.13. The maximum absolute atomic E-state index is 5.47. The van der Waals surface area contributed by atoms with Crippen LogP contribution >= 0.6 is 31.9 Å². The van der Waals surface area contributed by atoms with Crippen LogP contribution in [-0.4, -0.2) is 37.6 Å². The van der Waals surface area contributed by atoms with E-state index in [1.54, 1.807) is 7.11 Å². The standard InChI is InChI=1S/C10H20Br2O2/c1-3-10(8-11,9-12)4-5-14-7-6-13-2/h3-9H2,1-2H3. The van der Waals surface area contributed by atoms with Crippen molar-refractivity contribution in [3.63, 3.8) is 0 Å². The summed E-state index contributed by atoms with van der Waals surface area (Å²) in [4.78, 5) is 0. The van der Waals surface area contributed by atoms with Crippen molar-refractivity contribution in [2.24, 2.45) is 5.41 Å². The molecule has 0 rings (SSSR count). The van der Waals surface area contributed by atoms with Crippen molar-refractivity contribution in [1.82, 2.24) is 0 Å². The number of halogens is 2. The molecule has 0 aliphatic carbocycles. The van der Waals surface area contributed by atoms with E-state index in [9.17, 15) is 0 Å². The van der Waals surface area contributed by atoms with E-state index in [4.69, 9.17) is 9.47 Å². The fourth-order valence-corrected chi connectivity index (χ4v) is 3.35. The second kappa shape index (κ2) is 9.13. The molecule has 0 aromatic rings. The van der Waals surface area contributed by atoms with Gasteiger partial charge in [-0.2, -0.15) is 0 Å². The molecule has 0 aliphatic rings. The summed E-state index contributed by atoms with van der Waals surface area (Å²) in [6.07, 6.45) is 2.25. The van der Waals surface area contributed by atoms with E-state index in [2.05, 4.69) is 38.8 Å². The monoisotopic (exact) mass is 330 g/mol. The molecule has 14 heavy (non-hydrogen) atoms. The number of alkyl halides is 2. The lowest BCUT2D eigenvalue weighted by molar-refractivity contribution is 0.0568. The van der Waals surface area contributed by atoms with Crippen LogP contribution in [0.15, 0.2) is 0 Å². The van der Waals surface area contributed by atoms with Crippen molar-refractivity contribution in [2.75, 3.05) is 37.6 Å². The number of rotatable bonds is 9. The molecule has 0 saturated heterocycles. The highest BCUT2D eigenvalue weighted by atomic mass is 79.9. The van der Waals surface area contributed by atoms with Crippen LogP contribution in [0.25, 0.3) is 0 Å². The molecule has 0 fully saturated rings. The second-order valence-corrected chi connectivity index (χ2v) is 4.60. The fraction of sp³-hybridized carbons (Fsp3) is 1.00. The van der Waals surface area contributed by atoms with Crippen LogP contribution in [-0.2, 0) is 9.47 Å². The predicted octanol–water partition coefficient (Wildman–Crippen LogP) is 3.23. The van der Waals surface area contributed by atoms with Gasteiger partial charge in [0, 0.05) is 24.4 Å². The Morgan fingerprint density at radius 1 is 1.07 bits per heavy atom. The molecule has 0 unspecified atom stereocenters. The van der Waals surface area contributed by atoms with Crippen LogP contribution in [0, 0.1) is 5.41 Å². The highest BCUT2D eigenvalue weighted by Crippen LogP contribution is 2.31. The molecule has 0 aromatic heterocycles. The van der Waals surface area contributed by atoms with E-state index in [1.807, 2.05) is 0 Å². The van der Waals surface area contributed by atoms with Crippen LogP contribution in [0.2, 0.25) is 0 Å². The summed E-state index contributed by atoms with van der Waals surface area (Å²) in [5, 5.41) is 2.05. The molecular formula is C10H20Br2O2. The third kappa shape index (κ3) is 5.69. The zero-order chi connectivity index (χ0) is 10.9. The predicted molar refractivity (Wildman–Crippen MR) is 67.6 cm³/mol. The SMILES string of the molecule is CCC(CBr)(CBr)CCOCCOC. The average Bonchev–Trinajstić information content (AvgIpc) is 2.24. The van der Waals surface area contributed by atoms with E-state index in [1.165, 1.54) is 0 Å². The normalized spacial score (nSPS) is 12.0. The summed E-state index contributed by atoms with van der Waals surface area (Å²) < 4.78 is 10.4. The van der Waals surface area contributed by atoms with E-state index in [0.29, 0.717) is 18.6 Å². The Morgan fingerprint density at radius 3 is 2.14 bits per heavy atom. The lowest BCUT2D eigenvalue weighted by atomic mass is 9.87. The Morgan fingerprint density at radius 2 is 1.71 bits per heavy atom. The molecule has 0 radical (unpaired) electrons. The molecule has 0 aliphatic heterocycles. The van der Waals surface area contributed by atoms with Gasteiger partial charge in [-0.25, -0.2) is 0 Å². The number of hydrogen-bond acceptors (Lipinski definition) is 2. The highest BCUT2D eigenvalue weighted by molar-refractivity contribution is 9.09. The van der Waals surface area contributed by atoms with Crippen LogP contribution in [0.5, 0.6) is 0 Å². The zero-order valence-electron chi connectivity index (χ0n) is 9.02. The number of ether oxygens (including phenoxy) is 2. The van der Waals surface area contributed by atoms with Gasteiger partial charge in [-0.3, -0.25) is 0 Å². The highest BCUT2D eigenvalue weighted by Gasteiger charge is 2.25. The second-order valence-electron chi connectivity index (χ2n) is 3.48. The van der Waals surface area contributed by atoms with Crippen molar-refractivity contribution in [3.05, 3.63) is 0 Å². The van der Waals surface area contributed by atoms with Gasteiger partial charge >= 0.3 is 0 Å².